The van der Waals surface area contributed by atoms with E-state index < -0.39 is 5.41 Å². The molecule has 6 heteroatoms. The zero-order chi connectivity index (χ0) is 24.1. The molecule has 0 aliphatic heterocycles. The normalized spacial score (nSPS) is 12.4. The second-order valence-electron chi connectivity index (χ2n) is 9.31. The Morgan fingerprint density at radius 3 is 2.45 bits per heavy atom. The third-order valence-electron chi connectivity index (χ3n) is 5.30. The first-order valence-corrected chi connectivity index (χ1v) is 11.9. The highest BCUT2D eigenvalue weighted by Crippen LogP contribution is 2.24. The van der Waals surface area contributed by atoms with Crippen LogP contribution in [0.25, 0.3) is 0 Å². The van der Waals surface area contributed by atoms with Gasteiger partial charge in [0.25, 0.3) is 0 Å². The SMILES string of the molecule is CCCC(Cc1ccc(OCCCCOCc2ccccc2)nc1NC(=O)C(C)(C)C)OC. The van der Waals surface area contributed by atoms with E-state index in [1.165, 1.54) is 5.56 Å². The maximum Gasteiger partial charge on any atom is 0.230 e. The van der Waals surface area contributed by atoms with Crippen molar-refractivity contribution in [3.05, 3.63) is 53.6 Å². The molecule has 1 heterocycles. The fraction of sp³-hybridized carbons (Fsp3) is 0.556. The highest BCUT2D eigenvalue weighted by Gasteiger charge is 2.23. The molecule has 182 valence electrons. The lowest BCUT2D eigenvalue weighted by atomic mass is 9.95. The molecule has 1 N–H and O–H groups in total. The first kappa shape index (κ1) is 26.8. The minimum Gasteiger partial charge on any atom is -0.478 e. The van der Waals surface area contributed by atoms with Crippen molar-refractivity contribution in [2.75, 3.05) is 25.6 Å². The molecule has 1 aromatic heterocycles. The van der Waals surface area contributed by atoms with E-state index in [-0.39, 0.29) is 12.0 Å². The molecule has 0 fully saturated rings. The van der Waals surface area contributed by atoms with Crippen molar-refractivity contribution in [3.63, 3.8) is 0 Å². The predicted octanol–water partition coefficient (Wildman–Crippen LogP) is 5.80. The van der Waals surface area contributed by atoms with Gasteiger partial charge in [0, 0.05) is 31.6 Å². The number of ether oxygens (including phenoxy) is 3. The summed E-state index contributed by atoms with van der Waals surface area (Å²) >= 11 is 0. The quantitative estimate of drug-likeness (QED) is 0.364. The van der Waals surface area contributed by atoms with Crippen molar-refractivity contribution in [1.82, 2.24) is 4.98 Å². The number of rotatable bonds is 14. The third kappa shape index (κ3) is 9.93. The first-order valence-electron chi connectivity index (χ1n) is 11.9. The maximum atomic E-state index is 12.6. The molecular formula is C27H40N2O4. The fourth-order valence-corrected chi connectivity index (χ4v) is 3.24. The maximum absolute atomic E-state index is 12.6. The molecule has 6 nitrogen and oxygen atoms in total. The van der Waals surface area contributed by atoms with Crippen LogP contribution in [0, 0.1) is 5.41 Å². The Labute approximate surface area is 199 Å². The summed E-state index contributed by atoms with van der Waals surface area (Å²) in [6.45, 7) is 9.65. The van der Waals surface area contributed by atoms with E-state index in [4.69, 9.17) is 14.2 Å². The molecule has 33 heavy (non-hydrogen) atoms. The Kier molecular flexibility index (Phi) is 11.3. The van der Waals surface area contributed by atoms with Gasteiger partial charge in [0.05, 0.1) is 19.3 Å². The summed E-state index contributed by atoms with van der Waals surface area (Å²) in [5.41, 5.74) is 1.62. The summed E-state index contributed by atoms with van der Waals surface area (Å²) in [6.07, 6.45) is 4.54. The van der Waals surface area contributed by atoms with Crippen LogP contribution >= 0.6 is 0 Å². The topological polar surface area (TPSA) is 69.7 Å². The number of amides is 1. The van der Waals surface area contributed by atoms with E-state index >= 15 is 0 Å². The van der Waals surface area contributed by atoms with Crippen LogP contribution in [0.1, 0.15) is 64.5 Å². The molecule has 2 aromatic rings. The number of methoxy groups -OCH3 is 1. The minimum atomic E-state index is -0.514. The number of benzene rings is 1. The zero-order valence-electron chi connectivity index (χ0n) is 20.9. The molecule has 0 saturated carbocycles. The Morgan fingerprint density at radius 1 is 1.06 bits per heavy atom. The van der Waals surface area contributed by atoms with Crippen LogP contribution in [0.2, 0.25) is 0 Å². The van der Waals surface area contributed by atoms with Gasteiger partial charge in [-0.1, -0.05) is 64.4 Å². The summed E-state index contributed by atoms with van der Waals surface area (Å²) in [5, 5.41) is 2.99. The number of unbranched alkanes of at least 4 members (excludes halogenated alkanes) is 1. The molecule has 0 saturated heterocycles. The average Bonchev–Trinajstić information content (AvgIpc) is 2.79. The van der Waals surface area contributed by atoms with Gasteiger partial charge < -0.3 is 19.5 Å². The summed E-state index contributed by atoms with van der Waals surface area (Å²) in [6, 6.07) is 14.0. The van der Waals surface area contributed by atoms with Crippen molar-refractivity contribution in [2.24, 2.45) is 5.41 Å². The number of carbonyl (C=O) groups is 1. The van der Waals surface area contributed by atoms with E-state index in [0.717, 1.165) is 31.2 Å². The number of hydrogen-bond donors (Lipinski definition) is 1. The standard InChI is InChI=1S/C27H40N2O4/c1-6-12-23(31-5)19-22-15-16-24(28-25(22)29-26(30)27(2,3)4)33-18-11-10-17-32-20-21-13-8-7-9-14-21/h7-9,13-16,23H,6,10-12,17-20H2,1-5H3,(H,28,29,30). The van der Waals surface area contributed by atoms with Crippen LogP contribution in [0.3, 0.4) is 0 Å². The van der Waals surface area contributed by atoms with Crippen molar-refractivity contribution in [3.8, 4) is 5.88 Å². The summed E-state index contributed by atoms with van der Waals surface area (Å²) in [7, 11) is 1.72. The van der Waals surface area contributed by atoms with Gasteiger partial charge in [-0.25, -0.2) is 0 Å². The smallest absolute Gasteiger partial charge is 0.230 e. The molecule has 0 spiro atoms. The van der Waals surface area contributed by atoms with Gasteiger partial charge in [-0.05, 0) is 36.5 Å². The Bertz CT molecular complexity index is 834. The van der Waals surface area contributed by atoms with Crippen LogP contribution < -0.4 is 10.1 Å². The lowest BCUT2D eigenvalue weighted by molar-refractivity contribution is -0.123. The highest BCUT2D eigenvalue weighted by molar-refractivity contribution is 5.94. The monoisotopic (exact) mass is 456 g/mol. The second kappa shape index (κ2) is 14.0. The molecule has 1 aromatic carbocycles. The van der Waals surface area contributed by atoms with Gasteiger partial charge in [0.1, 0.15) is 5.82 Å². The zero-order valence-corrected chi connectivity index (χ0v) is 20.9. The number of nitrogens with one attached hydrogen (secondary N) is 1. The molecule has 1 unspecified atom stereocenters. The number of carbonyl (C=O) groups excluding carboxylic acids is 1. The highest BCUT2D eigenvalue weighted by atomic mass is 16.5. The number of pyridine rings is 1. The van der Waals surface area contributed by atoms with Crippen LogP contribution in [-0.4, -0.2) is 37.3 Å². The van der Waals surface area contributed by atoms with E-state index in [0.29, 0.717) is 37.9 Å². The second-order valence-corrected chi connectivity index (χ2v) is 9.31. The number of aromatic nitrogens is 1. The first-order chi connectivity index (χ1) is 15.8. The van der Waals surface area contributed by atoms with Gasteiger partial charge in [-0.3, -0.25) is 4.79 Å². The number of anilines is 1. The number of nitrogens with zero attached hydrogens (tertiary/aromatic N) is 1. The van der Waals surface area contributed by atoms with Gasteiger partial charge >= 0.3 is 0 Å². The lowest BCUT2D eigenvalue weighted by Crippen LogP contribution is -2.29. The van der Waals surface area contributed by atoms with Gasteiger partial charge in [0.15, 0.2) is 0 Å². The van der Waals surface area contributed by atoms with E-state index in [9.17, 15) is 4.79 Å². The summed E-state index contributed by atoms with van der Waals surface area (Å²) in [5.74, 6) is 0.989. The van der Waals surface area contributed by atoms with E-state index in [1.807, 2.05) is 51.1 Å². The van der Waals surface area contributed by atoms with E-state index in [2.05, 4.69) is 29.4 Å². The van der Waals surface area contributed by atoms with Gasteiger partial charge in [-0.15, -0.1) is 0 Å². The largest absolute Gasteiger partial charge is 0.478 e. The Morgan fingerprint density at radius 2 is 1.79 bits per heavy atom. The van der Waals surface area contributed by atoms with Crippen molar-refractivity contribution in [2.45, 2.75) is 72.5 Å². The van der Waals surface area contributed by atoms with Crippen molar-refractivity contribution >= 4 is 11.7 Å². The Balaban J connectivity index is 1.89. The summed E-state index contributed by atoms with van der Waals surface area (Å²) < 4.78 is 17.2. The molecule has 1 amide bonds. The van der Waals surface area contributed by atoms with Crippen molar-refractivity contribution in [1.29, 1.82) is 0 Å². The molecule has 0 aliphatic rings. The molecular weight excluding hydrogens is 416 g/mol. The van der Waals surface area contributed by atoms with Crippen LogP contribution in [-0.2, 0) is 27.3 Å². The lowest BCUT2D eigenvalue weighted by Gasteiger charge is -2.21. The third-order valence-corrected chi connectivity index (χ3v) is 5.30. The van der Waals surface area contributed by atoms with Gasteiger partial charge in [-0.2, -0.15) is 4.98 Å². The molecule has 0 bridgehead atoms. The molecule has 1 atom stereocenters. The fourth-order valence-electron chi connectivity index (χ4n) is 3.24. The van der Waals surface area contributed by atoms with Crippen LogP contribution in [0.5, 0.6) is 5.88 Å². The molecule has 0 aliphatic carbocycles. The molecule has 0 radical (unpaired) electrons. The minimum absolute atomic E-state index is 0.0755. The predicted molar refractivity (Wildman–Crippen MR) is 133 cm³/mol. The van der Waals surface area contributed by atoms with Crippen molar-refractivity contribution < 1.29 is 19.0 Å². The average molecular weight is 457 g/mol. The summed E-state index contributed by atoms with van der Waals surface area (Å²) in [4.78, 5) is 17.2. The Hall–Kier alpha value is -2.44. The van der Waals surface area contributed by atoms with Crippen LogP contribution in [0.4, 0.5) is 5.82 Å². The molecule has 2 rings (SSSR count). The van der Waals surface area contributed by atoms with Gasteiger partial charge in [0.2, 0.25) is 11.8 Å². The number of hydrogen-bond acceptors (Lipinski definition) is 5. The van der Waals surface area contributed by atoms with E-state index in [1.54, 1.807) is 7.11 Å². The van der Waals surface area contributed by atoms with Crippen LogP contribution in [0.15, 0.2) is 42.5 Å².